The number of aromatic nitrogens is 2. The van der Waals surface area contributed by atoms with Crippen LogP contribution in [0.1, 0.15) is 61.5 Å². The maximum absolute atomic E-state index is 12.7. The van der Waals surface area contributed by atoms with Crippen LogP contribution in [-0.4, -0.2) is 54.2 Å². The summed E-state index contributed by atoms with van der Waals surface area (Å²) < 4.78 is 11.7. The molecule has 1 aliphatic carbocycles. The molecule has 0 atom stereocenters. The number of amides is 1. The van der Waals surface area contributed by atoms with E-state index in [1.54, 1.807) is 24.3 Å². The van der Waals surface area contributed by atoms with E-state index in [1.165, 1.54) is 0 Å². The third kappa shape index (κ3) is 6.27. The minimum absolute atomic E-state index is 0.0491. The largest absolute Gasteiger partial charge is 0.492 e. The lowest BCUT2D eigenvalue weighted by Crippen LogP contribution is -2.40. The third-order valence-corrected chi connectivity index (χ3v) is 6.62. The van der Waals surface area contributed by atoms with Crippen molar-refractivity contribution >= 4 is 18.0 Å². The lowest BCUT2D eigenvalue weighted by Gasteiger charge is -2.30. The zero-order valence-corrected chi connectivity index (χ0v) is 20.0. The van der Waals surface area contributed by atoms with E-state index in [-0.39, 0.29) is 24.0 Å². The van der Waals surface area contributed by atoms with Crippen LogP contribution in [0, 0.1) is 17.2 Å². The molecular formula is C26H31N5O4. The number of anilines is 1. The predicted molar refractivity (Wildman–Crippen MR) is 129 cm³/mol. The van der Waals surface area contributed by atoms with Gasteiger partial charge in [-0.05, 0) is 69.7 Å². The predicted octanol–water partition coefficient (Wildman–Crippen LogP) is 3.28. The van der Waals surface area contributed by atoms with E-state index in [4.69, 9.17) is 9.47 Å². The molecule has 1 amide bonds. The molecule has 1 aliphatic heterocycles. The first kappa shape index (κ1) is 24.5. The molecule has 35 heavy (non-hydrogen) atoms. The first-order valence-corrected chi connectivity index (χ1v) is 12.3. The molecule has 1 saturated carbocycles. The summed E-state index contributed by atoms with van der Waals surface area (Å²) >= 11 is 0. The van der Waals surface area contributed by atoms with Crippen LogP contribution in [0.4, 0.5) is 5.82 Å². The molecule has 0 radical (unpaired) electrons. The van der Waals surface area contributed by atoms with E-state index >= 15 is 0 Å². The van der Waals surface area contributed by atoms with Gasteiger partial charge in [0.25, 0.3) is 5.91 Å². The van der Waals surface area contributed by atoms with Crippen LogP contribution in [0.3, 0.4) is 0 Å². The minimum Gasteiger partial charge on any atom is -0.492 e. The highest BCUT2D eigenvalue weighted by atomic mass is 16.5. The number of hydrogen-bond donors (Lipinski definition) is 1. The number of piperidine rings is 1. The first-order valence-electron chi connectivity index (χ1n) is 12.3. The standard InChI is InChI=1S/C26H31N5O4/c1-2-34-24-15-22(6-3-19(24)16-27)35-21-7-4-20(5-8-21)28-26(33)23-9-10-25(30-29-23)31-13-11-18(17-32)12-14-31/h3,6,9-10,15,17-18,20-21H,2,4-5,7-8,11-14H2,1H3,(H,28,33)/t20-,21-. The molecule has 2 aromatic rings. The fourth-order valence-electron chi connectivity index (χ4n) is 4.60. The van der Waals surface area contributed by atoms with Gasteiger partial charge in [0.15, 0.2) is 11.5 Å². The molecule has 4 rings (SSSR count). The van der Waals surface area contributed by atoms with Crippen molar-refractivity contribution < 1.29 is 19.1 Å². The lowest BCUT2D eigenvalue weighted by molar-refractivity contribution is -0.111. The van der Waals surface area contributed by atoms with Crippen molar-refractivity contribution in [2.75, 3.05) is 24.6 Å². The first-order chi connectivity index (χ1) is 17.1. The smallest absolute Gasteiger partial charge is 0.272 e. The molecule has 2 heterocycles. The van der Waals surface area contributed by atoms with Crippen molar-refractivity contribution in [2.24, 2.45) is 5.92 Å². The van der Waals surface area contributed by atoms with Gasteiger partial charge in [-0.25, -0.2) is 0 Å². The number of nitrogens with zero attached hydrogens (tertiary/aromatic N) is 4. The van der Waals surface area contributed by atoms with Gasteiger partial charge < -0.3 is 24.5 Å². The molecule has 1 saturated heterocycles. The summed E-state index contributed by atoms with van der Waals surface area (Å²) in [5.74, 6) is 1.86. The number of nitriles is 1. The van der Waals surface area contributed by atoms with Crippen LogP contribution >= 0.6 is 0 Å². The molecule has 1 aromatic heterocycles. The fraction of sp³-hybridized carbons (Fsp3) is 0.500. The van der Waals surface area contributed by atoms with Crippen molar-refractivity contribution in [3.8, 4) is 17.6 Å². The summed E-state index contributed by atoms with van der Waals surface area (Å²) in [6, 6.07) is 11.0. The van der Waals surface area contributed by atoms with Crippen LogP contribution in [0.2, 0.25) is 0 Å². The molecule has 9 nitrogen and oxygen atoms in total. The Morgan fingerprint density at radius 3 is 2.54 bits per heavy atom. The zero-order chi connectivity index (χ0) is 24.6. The zero-order valence-electron chi connectivity index (χ0n) is 20.0. The summed E-state index contributed by atoms with van der Waals surface area (Å²) in [5, 5.41) is 20.6. The summed E-state index contributed by atoms with van der Waals surface area (Å²) in [4.78, 5) is 25.7. The molecule has 0 bridgehead atoms. The van der Waals surface area contributed by atoms with Gasteiger partial charge in [0.2, 0.25) is 0 Å². The van der Waals surface area contributed by atoms with Gasteiger partial charge in [-0.15, -0.1) is 10.2 Å². The van der Waals surface area contributed by atoms with Gasteiger partial charge in [-0.3, -0.25) is 4.79 Å². The van der Waals surface area contributed by atoms with Crippen molar-refractivity contribution in [1.29, 1.82) is 5.26 Å². The Hall–Kier alpha value is -3.67. The van der Waals surface area contributed by atoms with Crippen LogP contribution < -0.4 is 19.7 Å². The maximum Gasteiger partial charge on any atom is 0.272 e. The Morgan fingerprint density at radius 2 is 1.91 bits per heavy atom. The fourth-order valence-corrected chi connectivity index (χ4v) is 4.60. The minimum atomic E-state index is -0.221. The second kappa shape index (κ2) is 11.6. The highest BCUT2D eigenvalue weighted by Crippen LogP contribution is 2.29. The van der Waals surface area contributed by atoms with E-state index in [1.807, 2.05) is 13.0 Å². The third-order valence-electron chi connectivity index (χ3n) is 6.62. The average Bonchev–Trinajstić information content (AvgIpc) is 2.90. The number of carbonyl (C=O) groups is 2. The van der Waals surface area contributed by atoms with Gasteiger partial charge >= 0.3 is 0 Å². The Bertz CT molecular complexity index is 1050. The topological polar surface area (TPSA) is 117 Å². The number of carbonyl (C=O) groups excluding carboxylic acids is 2. The molecule has 2 aliphatic rings. The van der Waals surface area contributed by atoms with E-state index in [0.717, 1.165) is 63.7 Å². The SMILES string of the molecule is CCOc1cc(O[C@H]2CC[C@H](NC(=O)c3ccc(N4CCC(C=O)CC4)nn3)CC2)ccc1C#N. The van der Waals surface area contributed by atoms with Gasteiger partial charge in [0, 0.05) is 31.1 Å². The molecule has 1 aromatic carbocycles. The summed E-state index contributed by atoms with van der Waals surface area (Å²) in [6.07, 6.45) is 5.96. The number of hydrogen-bond acceptors (Lipinski definition) is 8. The van der Waals surface area contributed by atoms with Gasteiger partial charge in [-0.1, -0.05) is 0 Å². The van der Waals surface area contributed by atoms with Crippen molar-refractivity contribution in [3.63, 3.8) is 0 Å². The van der Waals surface area contributed by atoms with E-state index in [0.29, 0.717) is 29.4 Å². The second-order valence-electron chi connectivity index (χ2n) is 9.01. The average molecular weight is 478 g/mol. The Labute approximate surface area is 205 Å². The lowest BCUT2D eigenvalue weighted by atomic mass is 9.92. The van der Waals surface area contributed by atoms with Gasteiger partial charge in [0.1, 0.15) is 23.9 Å². The Balaban J connectivity index is 1.24. The maximum atomic E-state index is 12.7. The summed E-state index contributed by atoms with van der Waals surface area (Å²) in [6.45, 7) is 3.90. The number of rotatable bonds is 8. The quantitative estimate of drug-likeness (QED) is 0.576. The van der Waals surface area contributed by atoms with Gasteiger partial charge in [-0.2, -0.15) is 5.26 Å². The second-order valence-corrected chi connectivity index (χ2v) is 9.01. The number of ether oxygens (including phenoxy) is 2. The highest BCUT2D eigenvalue weighted by molar-refractivity contribution is 5.92. The van der Waals surface area contributed by atoms with Crippen LogP contribution in [0.15, 0.2) is 30.3 Å². The summed E-state index contributed by atoms with van der Waals surface area (Å²) in [5.41, 5.74) is 0.792. The molecule has 184 valence electrons. The molecule has 0 spiro atoms. The number of aldehydes is 1. The molecule has 1 N–H and O–H groups in total. The molecule has 2 fully saturated rings. The highest BCUT2D eigenvalue weighted by Gasteiger charge is 2.25. The normalized spacial score (nSPS) is 20.5. The number of benzene rings is 1. The van der Waals surface area contributed by atoms with Crippen molar-refractivity contribution in [3.05, 3.63) is 41.6 Å². The van der Waals surface area contributed by atoms with E-state index in [2.05, 4.69) is 26.5 Å². The monoisotopic (exact) mass is 477 g/mol. The van der Waals surface area contributed by atoms with E-state index in [9.17, 15) is 14.9 Å². The van der Waals surface area contributed by atoms with E-state index < -0.39 is 0 Å². The molecule has 9 heteroatoms. The van der Waals surface area contributed by atoms with Crippen molar-refractivity contribution in [2.45, 2.75) is 57.6 Å². The Kier molecular flexibility index (Phi) is 8.14. The Morgan fingerprint density at radius 1 is 1.14 bits per heavy atom. The van der Waals surface area contributed by atoms with Crippen molar-refractivity contribution in [1.82, 2.24) is 15.5 Å². The van der Waals surface area contributed by atoms with Crippen LogP contribution in [-0.2, 0) is 4.79 Å². The van der Waals surface area contributed by atoms with Gasteiger partial charge in [0.05, 0.1) is 18.3 Å². The van der Waals surface area contributed by atoms with Crippen LogP contribution in [0.25, 0.3) is 0 Å². The number of nitrogens with one attached hydrogen (secondary N) is 1. The summed E-state index contributed by atoms with van der Waals surface area (Å²) in [7, 11) is 0. The molecule has 0 unspecified atom stereocenters. The van der Waals surface area contributed by atoms with Crippen LogP contribution in [0.5, 0.6) is 11.5 Å². The molecular weight excluding hydrogens is 446 g/mol.